The molecule has 2 heteroatoms. The summed E-state index contributed by atoms with van der Waals surface area (Å²) >= 11 is 0. The summed E-state index contributed by atoms with van der Waals surface area (Å²) in [5.74, 6) is 3.19. The molecule has 6 aliphatic rings. The van der Waals surface area contributed by atoms with Gasteiger partial charge in [0.2, 0.25) is 0 Å². The van der Waals surface area contributed by atoms with E-state index in [2.05, 4.69) is 86.6 Å². The molecule has 0 saturated carbocycles. The van der Waals surface area contributed by atoms with Crippen LogP contribution >= 0.6 is 0 Å². The molecule has 0 N–H and O–H groups in total. The number of rotatable bonds is 2. The standard InChI is InChI=1S/C29H33NO/c1-18(2)21-13-15-30-14-12-20-8-11-25-24-10-9-22(23-7-5-4-6-19(23)3)17-27(24)31-29(25)28(20)26(30)16-21/h6-11,13,15-18,20,24,26-28H,4-5,12,14H2,1-3H3. The molecule has 5 unspecified atom stereocenters. The highest BCUT2D eigenvalue weighted by Crippen LogP contribution is 2.50. The summed E-state index contributed by atoms with van der Waals surface area (Å²) in [6, 6.07) is 0.412. The summed E-state index contributed by atoms with van der Waals surface area (Å²) in [7, 11) is 0. The number of nitrogens with zero attached hydrogens (tertiary/aromatic N) is 1. The van der Waals surface area contributed by atoms with Crippen LogP contribution in [0.25, 0.3) is 0 Å². The number of ether oxygens (including phenoxy) is 1. The molecule has 0 spiro atoms. The highest BCUT2D eigenvalue weighted by molar-refractivity contribution is 5.56. The predicted molar refractivity (Wildman–Crippen MR) is 127 cm³/mol. The van der Waals surface area contributed by atoms with Crippen LogP contribution in [-0.2, 0) is 4.74 Å². The molecular formula is C29H33NO. The van der Waals surface area contributed by atoms with Crippen LogP contribution in [0.3, 0.4) is 0 Å². The molecule has 6 rings (SSSR count). The fourth-order valence-electron chi connectivity index (χ4n) is 6.28. The number of hydrogen-bond acceptors (Lipinski definition) is 2. The van der Waals surface area contributed by atoms with Crippen LogP contribution in [0, 0.1) is 23.7 Å². The Morgan fingerprint density at radius 3 is 2.74 bits per heavy atom. The lowest BCUT2D eigenvalue weighted by Gasteiger charge is -2.46. The van der Waals surface area contributed by atoms with Gasteiger partial charge in [-0.1, -0.05) is 56.4 Å². The van der Waals surface area contributed by atoms with Crippen LogP contribution < -0.4 is 0 Å². The monoisotopic (exact) mass is 411 g/mol. The molecule has 0 amide bonds. The third-order valence-electron chi connectivity index (χ3n) is 8.04. The Bertz CT molecular complexity index is 1040. The number of hydrogen-bond donors (Lipinski definition) is 0. The highest BCUT2D eigenvalue weighted by Gasteiger charge is 2.47. The molecule has 0 bridgehead atoms. The summed E-state index contributed by atoms with van der Waals surface area (Å²) < 4.78 is 6.81. The molecule has 3 aliphatic heterocycles. The van der Waals surface area contributed by atoms with Crippen LogP contribution in [0.1, 0.15) is 40.0 Å². The van der Waals surface area contributed by atoms with Gasteiger partial charge in [0.05, 0.1) is 6.04 Å². The van der Waals surface area contributed by atoms with Gasteiger partial charge in [-0.25, -0.2) is 0 Å². The minimum absolute atomic E-state index is 0.132. The van der Waals surface area contributed by atoms with Crippen molar-refractivity contribution < 1.29 is 4.74 Å². The Hall–Kier alpha value is -2.48. The second-order valence-electron chi connectivity index (χ2n) is 10.2. The van der Waals surface area contributed by atoms with Gasteiger partial charge in [0, 0.05) is 24.0 Å². The van der Waals surface area contributed by atoms with Gasteiger partial charge in [0.25, 0.3) is 0 Å². The van der Waals surface area contributed by atoms with Crippen LogP contribution in [0.5, 0.6) is 0 Å². The van der Waals surface area contributed by atoms with Gasteiger partial charge in [-0.15, -0.1) is 0 Å². The second kappa shape index (κ2) is 7.29. The summed E-state index contributed by atoms with van der Waals surface area (Å²) in [5, 5.41) is 0. The van der Waals surface area contributed by atoms with Crippen molar-refractivity contribution in [1.29, 1.82) is 0 Å². The van der Waals surface area contributed by atoms with E-state index in [4.69, 9.17) is 4.74 Å². The van der Waals surface area contributed by atoms with E-state index >= 15 is 0 Å². The van der Waals surface area contributed by atoms with E-state index in [1.54, 1.807) is 0 Å². The second-order valence-corrected chi connectivity index (χ2v) is 10.2. The average molecular weight is 412 g/mol. The fraction of sp³-hybridized carbons (Fsp3) is 0.448. The zero-order valence-electron chi connectivity index (χ0n) is 18.9. The zero-order valence-corrected chi connectivity index (χ0v) is 18.9. The minimum Gasteiger partial charge on any atom is -0.489 e. The van der Waals surface area contributed by atoms with Crippen molar-refractivity contribution in [1.82, 2.24) is 4.90 Å². The SMILES string of the molecule is CC1=CCCC=C1C1=CC2OC3=C(C=CC4CCN5C=CC(C(C)C)=CC5C34)C2C=C1. The number of fused-ring (bicyclic) bond motifs is 6. The zero-order chi connectivity index (χ0) is 21.1. The van der Waals surface area contributed by atoms with E-state index in [1.807, 2.05) is 0 Å². The first-order valence-electron chi connectivity index (χ1n) is 12.1. The molecular weight excluding hydrogens is 378 g/mol. The van der Waals surface area contributed by atoms with Crippen molar-refractivity contribution in [3.8, 4) is 0 Å². The van der Waals surface area contributed by atoms with Gasteiger partial charge < -0.3 is 9.64 Å². The minimum atomic E-state index is 0.132. The molecule has 5 atom stereocenters. The molecule has 1 saturated heterocycles. The number of allylic oxidation sites excluding steroid dienone is 10. The van der Waals surface area contributed by atoms with E-state index < -0.39 is 0 Å². The van der Waals surface area contributed by atoms with Gasteiger partial charge >= 0.3 is 0 Å². The van der Waals surface area contributed by atoms with E-state index in [1.165, 1.54) is 40.0 Å². The quantitative estimate of drug-likeness (QED) is 0.521. The molecule has 31 heavy (non-hydrogen) atoms. The van der Waals surface area contributed by atoms with Gasteiger partial charge in [-0.2, -0.15) is 0 Å². The summed E-state index contributed by atoms with van der Waals surface area (Å²) in [6.45, 7) is 7.97. The first kappa shape index (κ1) is 19.2. The molecule has 3 heterocycles. The fourth-order valence-corrected chi connectivity index (χ4v) is 6.28. The third-order valence-corrected chi connectivity index (χ3v) is 8.04. The van der Waals surface area contributed by atoms with Crippen LogP contribution in [0.15, 0.2) is 94.5 Å². The maximum atomic E-state index is 6.81. The average Bonchev–Trinajstić information content (AvgIpc) is 3.16. The van der Waals surface area contributed by atoms with Crippen LogP contribution in [0.2, 0.25) is 0 Å². The van der Waals surface area contributed by atoms with Gasteiger partial charge in [0.1, 0.15) is 11.9 Å². The Morgan fingerprint density at radius 1 is 1.03 bits per heavy atom. The Balaban J connectivity index is 1.33. The Morgan fingerprint density at radius 2 is 1.90 bits per heavy atom. The Labute approximate surface area is 186 Å². The highest BCUT2D eigenvalue weighted by atomic mass is 16.5. The van der Waals surface area contributed by atoms with Crippen molar-refractivity contribution >= 4 is 0 Å². The van der Waals surface area contributed by atoms with Crippen molar-refractivity contribution in [2.24, 2.45) is 23.7 Å². The normalized spacial score (nSPS) is 35.5. The summed E-state index contributed by atoms with van der Waals surface area (Å²) in [5.41, 5.74) is 7.01. The summed E-state index contributed by atoms with van der Waals surface area (Å²) in [6.07, 6.45) is 27.6. The number of piperidine rings is 1. The molecule has 1 fully saturated rings. The lowest BCUT2D eigenvalue weighted by atomic mass is 9.71. The van der Waals surface area contributed by atoms with E-state index in [0.29, 0.717) is 29.7 Å². The molecule has 0 aromatic rings. The first-order valence-corrected chi connectivity index (χ1v) is 12.1. The maximum absolute atomic E-state index is 6.81. The van der Waals surface area contributed by atoms with Crippen molar-refractivity contribution in [3.05, 3.63) is 94.5 Å². The van der Waals surface area contributed by atoms with Crippen molar-refractivity contribution in [2.75, 3.05) is 6.54 Å². The maximum Gasteiger partial charge on any atom is 0.128 e. The lowest BCUT2D eigenvalue weighted by Crippen LogP contribution is -2.48. The Kier molecular flexibility index (Phi) is 4.52. The van der Waals surface area contributed by atoms with Crippen molar-refractivity contribution in [2.45, 2.75) is 52.2 Å². The van der Waals surface area contributed by atoms with Gasteiger partial charge in [-0.05, 0) is 78.7 Å². The topological polar surface area (TPSA) is 12.5 Å². The van der Waals surface area contributed by atoms with Gasteiger partial charge in [-0.3, -0.25) is 0 Å². The van der Waals surface area contributed by atoms with Gasteiger partial charge in [0.15, 0.2) is 0 Å². The molecule has 160 valence electrons. The van der Waals surface area contributed by atoms with E-state index in [0.717, 1.165) is 19.4 Å². The molecule has 0 aromatic heterocycles. The lowest BCUT2D eigenvalue weighted by molar-refractivity contribution is 0.0762. The summed E-state index contributed by atoms with van der Waals surface area (Å²) in [4.78, 5) is 2.54. The largest absolute Gasteiger partial charge is 0.489 e. The van der Waals surface area contributed by atoms with Crippen LogP contribution in [-0.4, -0.2) is 23.6 Å². The first-order chi connectivity index (χ1) is 15.1. The molecule has 0 radical (unpaired) electrons. The predicted octanol–water partition coefficient (Wildman–Crippen LogP) is 6.40. The van der Waals surface area contributed by atoms with Crippen molar-refractivity contribution in [3.63, 3.8) is 0 Å². The molecule has 3 aliphatic carbocycles. The van der Waals surface area contributed by atoms with E-state index in [9.17, 15) is 0 Å². The third kappa shape index (κ3) is 3.06. The van der Waals surface area contributed by atoms with E-state index in [-0.39, 0.29) is 6.10 Å². The molecule has 2 nitrogen and oxygen atoms in total. The smallest absolute Gasteiger partial charge is 0.128 e. The van der Waals surface area contributed by atoms with Crippen LogP contribution in [0.4, 0.5) is 0 Å². The molecule has 0 aromatic carbocycles.